The number of fused-ring (bicyclic) bond motifs is 1. The van der Waals surface area contributed by atoms with Gasteiger partial charge in [-0.25, -0.2) is 0 Å². The minimum Gasteiger partial charge on any atom is -0.496 e. The second kappa shape index (κ2) is 5.89. The molecule has 0 saturated carbocycles. The van der Waals surface area contributed by atoms with Crippen LogP contribution in [0.5, 0.6) is 11.5 Å². The molecule has 1 heterocycles. The monoisotopic (exact) mass is 283 g/mol. The van der Waals surface area contributed by atoms with Gasteiger partial charge in [0, 0.05) is 5.56 Å². The average Bonchev–Trinajstić information content (AvgIpc) is 2.91. The van der Waals surface area contributed by atoms with E-state index in [1.165, 1.54) is 0 Å². The van der Waals surface area contributed by atoms with Crippen LogP contribution in [0, 0.1) is 0 Å². The topological polar surface area (TPSA) is 57.6 Å². The lowest BCUT2D eigenvalue weighted by Crippen LogP contribution is -2.02. The van der Waals surface area contributed by atoms with Gasteiger partial charge in [0.2, 0.25) is 0 Å². The summed E-state index contributed by atoms with van der Waals surface area (Å²) in [5, 5.41) is 0.938. The van der Waals surface area contributed by atoms with E-state index in [2.05, 4.69) is 0 Å². The molecule has 3 rings (SSSR count). The van der Waals surface area contributed by atoms with Crippen LogP contribution in [-0.4, -0.2) is 7.11 Å². The number of hydrogen-bond acceptors (Lipinski definition) is 4. The zero-order valence-corrected chi connectivity index (χ0v) is 11.8. The van der Waals surface area contributed by atoms with E-state index in [9.17, 15) is 0 Å². The average molecular weight is 283 g/mol. The first-order valence-corrected chi connectivity index (χ1v) is 6.78. The summed E-state index contributed by atoms with van der Waals surface area (Å²) in [5.41, 5.74) is 7.51. The fraction of sp³-hybridized carbons (Fsp3) is 0.176. The minimum absolute atomic E-state index is 0.302. The van der Waals surface area contributed by atoms with Gasteiger partial charge in [-0.3, -0.25) is 0 Å². The zero-order valence-electron chi connectivity index (χ0n) is 11.8. The van der Waals surface area contributed by atoms with Gasteiger partial charge in [0.05, 0.1) is 19.0 Å². The van der Waals surface area contributed by atoms with E-state index in [0.717, 1.165) is 22.3 Å². The van der Waals surface area contributed by atoms with Crippen LogP contribution in [0.1, 0.15) is 11.3 Å². The molecule has 21 heavy (non-hydrogen) atoms. The predicted molar refractivity (Wildman–Crippen MR) is 81.4 cm³/mol. The first kappa shape index (κ1) is 13.5. The van der Waals surface area contributed by atoms with Gasteiger partial charge in [-0.1, -0.05) is 30.3 Å². The smallest absolute Gasteiger partial charge is 0.170 e. The second-order valence-corrected chi connectivity index (χ2v) is 4.66. The van der Waals surface area contributed by atoms with Crippen LogP contribution in [0.4, 0.5) is 0 Å². The highest BCUT2D eigenvalue weighted by Gasteiger charge is 2.14. The molecule has 0 atom stereocenters. The molecule has 0 aliphatic carbocycles. The third-order valence-corrected chi connectivity index (χ3v) is 3.37. The first-order chi connectivity index (χ1) is 10.3. The third kappa shape index (κ3) is 2.58. The van der Waals surface area contributed by atoms with E-state index in [1.54, 1.807) is 7.11 Å². The summed E-state index contributed by atoms with van der Waals surface area (Å²) in [4.78, 5) is 0. The summed E-state index contributed by atoms with van der Waals surface area (Å²) in [7, 11) is 1.65. The van der Waals surface area contributed by atoms with Crippen LogP contribution in [0.25, 0.3) is 11.0 Å². The number of rotatable bonds is 5. The summed E-state index contributed by atoms with van der Waals surface area (Å²) in [5.74, 6) is 2.17. The zero-order chi connectivity index (χ0) is 14.7. The van der Waals surface area contributed by atoms with Gasteiger partial charge in [0.1, 0.15) is 17.9 Å². The molecule has 108 valence electrons. The van der Waals surface area contributed by atoms with Crippen LogP contribution in [0.15, 0.2) is 52.9 Å². The maximum absolute atomic E-state index is 5.96. The molecule has 0 radical (unpaired) electrons. The van der Waals surface area contributed by atoms with Gasteiger partial charge in [-0.05, 0) is 18.2 Å². The van der Waals surface area contributed by atoms with Crippen LogP contribution in [0.2, 0.25) is 0 Å². The van der Waals surface area contributed by atoms with Crippen molar-refractivity contribution in [2.45, 2.75) is 13.2 Å². The van der Waals surface area contributed by atoms with Crippen LogP contribution < -0.4 is 15.2 Å². The third-order valence-electron chi connectivity index (χ3n) is 3.37. The van der Waals surface area contributed by atoms with Crippen LogP contribution >= 0.6 is 0 Å². The Labute approximate surface area is 123 Å². The van der Waals surface area contributed by atoms with E-state index in [1.807, 2.05) is 48.5 Å². The molecular formula is C17H17NO3. The Balaban J connectivity index is 1.91. The van der Waals surface area contributed by atoms with Crippen molar-refractivity contribution in [3.05, 3.63) is 59.9 Å². The minimum atomic E-state index is 0.302. The summed E-state index contributed by atoms with van der Waals surface area (Å²) in [6.07, 6.45) is 0. The van der Waals surface area contributed by atoms with Crippen LogP contribution in [-0.2, 0) is 13.2 Å². The van der Waals surface area contributed by atoms with Crippen LogP contribution in [0.3, 0.4) is 0 Å². The normalized spacial score (nSPS) is 10.8. The van der Waals surface area contributed by atoms with E-state index < -0.39 is 0 Å². The highest BCUT2D eigenvalue weighted by atomic mass is 16.5. The summed E-state index contributed by atoms with van der Waals surface area (Å²) >= 11 is 0. The Hall–Kier alpha value is -2.46. The van der Waals surface area contributed by atoms with Crippen molar-refractivity contribution >= 4 is 11.0 Å². The number of furan rings is 1. The van der Waals surface area contributed by atoms with Gasteiger partial charge < -0.3 is 19.6 Å². The molecule has 0 aliphatic heterocycles. The Bertz CT molecular complexity index is 749. The quantitative estimate of drug-likeness (QED) is 0.779. The van der Waals surface area contributed by atoms with Crippen molar-refractivity contribution in [1.29, 1.82) is 0 Å². The maximum atomic E-state index is 5.96. The highest BCUT2D eigenvalue weighted by Crippen LogP contribution is 2.33. The van der Waals surface area contributed by atoms with E-state index in [-0.39, 0.29) is 0 Å². The lowest BCUT2D eigenvalue weighted by Gasteiger charge is -2.10. The second-order valence-electron chi connectivity index (χ2n) is 4.66. The van der Waals surface area contributed by atoms with Crippen molar-refractivity contribution in [3.63, 3.8) is 0 Å². The summed E-state index contributed by atoms with van der Waals surface area (Å²) in [6, 6.07) is 15.5. The molecule has 0 amide bonds. The largest absolute Gasteiger partial charge is 0.496 e. The Morgan fingerprint density at radius 2 is 1.81 bits per heavy atom. The van der Waals surface area contributed by atoms with Gasteiger partial charge in [0.15, 0.2) is 11.5 Å². The number of hydrogen-bond donors (Lipinski definition) is 1. The van der Waals surface area contributed by atoms with Gasteiger partial charge >= 0.3 is 0 Å². The number of methoxy groups -OCH3 is 1. The first-order valence-electron chi connectivity index (χ1n) is 6.78. The fourth-order valence-electron chi connectivity index (χ4n) is 2.34. The van der Waals surface area contributed by atoms with E-state index in [4.69, 9.17) is 19.6 Å². The molecule has 3 aromatic rings. The predicted octanol–water partition coefficient (Wildman–Crippen LogP) is 3.48. The van der Waals surface area contributed by atoms with Crippen molar-refractivity contribution in [1.82, 2.24) is 0 Å². The van der Waals surface area contributed by atoms with E-state index in [0.29, 0.717) is 24.7 Å². The fourth-order valence-corrected chi connectivity index (χ4v) is 2.34. The molecular weight excluding hydrogens is 266 g/mol. The Morgan fingerprint density at radius 1 is 1.05 bits per heavy atom. The molecule has 0 bridgehead atoms. The molecule has 2 aromatic carbocycles. The SMILES string of the molecule is COc1ccccc1COc1c(CN)oc2ccccc12. The lowest BCUT2D eigenvalue weighted by molar-refractivity contribution is 0.290. The van der Waals surface area contributed by atoms with E-state index >= 15 is 0 Å². The molecule has 0 fully saturated rings. The molecule has 4 heteroatoms. The maximum Gasteiger partial charge on any atom is 0.170 e. The molecule has 4 nitrogen and oxygen atoms in total. The van der Waals surface area contributed by atoms with Crippen molar-refractivity contribution < 1.29 is 13.9 Å². The molecule has 1 aromatic heterocycles. The van der Waals surface area contributed by atoms with Gasteiger partial charge in [0.25, 0.3) is 0 Å². The van der Waals surface area contributed by atoms with Gasteiger partial charge in [-0.15, -0.1) is 0 Å². The molecule has 0 saturated heterocycles. The highest BCUT2D eigenvalue weighted by molar-refractivity contribution is 5.85. The Kier molecular flexibility index (Phi) is 3.79. The number of ether oxygens (including phenoxy) is 2. The number of para-hydroxylation sites is 2. The Morgan fingerprint density at radius 3 is 2.62 bits per heavy atom. The standard InChI is InChI=1S/C17H17NO3/c1-19-14-8-4-2-6-12(14)11-20-17-13-7-3-5-9-15(13)21-16(17)10-18/h2-9H,10-11,18H2,1H3. The number of nitrogens with two attached hydrogens (primary N) is 1. The summed E-state index contributed by atoms with van der Waals surface area (Å²) in [6.45, 7) is 0.705. The number of benzene rings is 2. The van der Waals surface area contributed by atoms with Crippen molar-refractivity contribution in [3.8, 4) is 11.5 Å². The van der Waals surface area contributed by atoms with Crippen molar-refractivity contribution in [2.75, 3.05) is 7.11 Å². The van der Waals surface area contributed by atoms with Crippen molar-refractivity contribution in [2.24, 2.45) is 5.73 Å². The summed E-state index contributed by atoms with van der Waals surface area (Å²) < 4.78 is 17.0. The van der Waals surface area contributed by atoms with Gasteiger partial charge in [-0.2, -0.15) is 0 Å². The molecule has 0 aliphatic rings. The lowest BCUT2D eigenvalue weighted by atomic mass is 10.2. The molecule has 0 spiro atoms. The molecule has 0 unspecified atom stereocenters. The molecule has 2 N–H and O–H groups in total.